The molecule has 1 amide bonds. The summed E-state index contributed by atoms with van der Waals surface area (Å²) in [5, 5.41) is 6.23. The molecule has 0 aliphatic rings. The number of pyridine rings is 1. The second kappa shape index (κ2) is 5.15. The molecule has 0 bridgehead atoms. The minimum Gasteiger partial charge on any atom is -0.352 e. The van der Waals surface area contributed by atoms with Gasteiger partial charge < -0.3 is 9.84 Å². The van der Waals surface area contributed by atoms with Crippen molar-refractivity contribution in [3.05, 3.63) is 42.1 Å². The molecule has 0 unspecified atom stereocenters. The van der Waals surface area contributed by atoms with Gasteiger partial charge in [-0.05, 0) is 12.1 Å². The van der Waals surface area contributed by atoms with Crippen molar-refractivity contribution in [1.29, 1.82) is 0 Å². The fourth-order valence-corrected chi connectivity index (χ4v) is 1.20. The molecule has 7 heteroatoms. The summed E-state index contributed by atoms with van der Waals surface area (Å²) in [6.07, 6.45) is 2.87. The molecule has 2 rings (SSSR count). The van der Waals surface area contributed by atoms with E-state index in [4.69, 9.17) is 0 Å². The topological polar surface area (TPSA) is 80.9 Å². The van der Waals surface area contributed by atoms with E-state index in [1.165, 1.54) is 18.7 Å². The third-order valence-electron chi connectivity index (χ3n) is 2.03. The van der Waals surface area contributed by atoms with Crippen LogP contribution in [0.2, 0.25) is 0 Å². The van der Waals surface area contributed by atoms with Gasteiger partial charge in [-0.15, -0.1) is 0 Å². The molecule has 0 aromatic carbocycles. The number of nitrogens with zero attached hydrogens (tertiary/aromatic N) is 3. The molecule has 1 N–H and O–H groups in total. The van der Waals surface area contributed by atoms with Crippen LogP contribution >= 0.6 is 0 Å². The Morgan fingerprint density at radius 3 is 2.94 bits per heavy atom. The average molecular weight is 236 g/mol. The molecule has 17 heavy (non-hydrogen) atoms. The molecule has 0 spiro atoms. The van der Waals surface area contributed by atoms with Crippen LogP contribution in [0.3, 0.4) is 0 Å². The van der Waals surface area contributed by atoms with Crippen LogP contribution in [0.1, 0.15) is 16.2 Å². The monoisotopic (exact) mass is 236 g/mol. The number of rotatable bonds is 4. The highest BCUT2D eigenvalue weighted by atomic mass is 19.1. The molecule has 0 radical (unpaired) electrons. The first kappa shape index (κ1) is 11.2. The van der Waals surface area contributed by atoms with E-state index in [1.807, 2.05) is 0 Å². The van der Waals surface area contributed by atoms with Crippen LogP contribution in [0.15, 0.2) is 29.2 Å². The zero-order valence-corrected chi connectivity index (χ0v) is 8.76. The Bertz CT molecular complexity index is 484. The van der Waals surface area contributed by atoms with Crippen LogP contribution in [0.5, 0.6) is 0 Å². The molecule has 88 valence electrons. The van der Waals surface area contributed by atoms with Crippen molar-refractivity contribution in [3.63, 3.8) is 0 Å². The fraction of sp³-hybridized carbons (Fsp3) is 0.200. The Hall–Kier alpha value is -2.31. The van der Waals surface area contributed by atoms with Crippen LogP contribution in [-0.2, 0) is 6.42 Å². The van der Waals surface area contributed by atoms with Gasteiger partial charge in [0.05, 0.1) is 5.56 Å². The standard InChI is InChI=1S/C10H9FN4O2/c11-8-2-1-7(5-13-8)10(16)12-4-3-9-14-6-17-15-9/h1-2,5-6H,3-4H2,(H,12,16). The number of halogens is 1. The molecular formula is C10H9FN4O2. The Morgan fingerprint density at radius 2 is 2.29 bits per heavy atom. The van der Waals surface area contributed by atoms with Crippen molar-refractivity contribution in [1.82, 2.24) is 20.4 Å². The van der Waals surface area contributed by atoms with Crippen LogP contribution in [0.25, 0.3) is 0 Å². The predicted octanol–water partition coefficient (Wildman–Crippen LogP) is 0.576. The summed E-state index contributed by atoms with van der Waals surface area (Å²) in [6, 6.07) is 2.50. The van der Waals surface area contributed by atoms with Crippen molar-refractivity contribution in [3.8, 4) is 0 Å². The van der Waals surface area contributed by atoms with Gasteiger partial charge in [0, 0.05) is 19.2 Å². The number of carbonyl (C=O) groups excluding carboxylic acids is 1. The summed E-state index contributed by atoms with van der Waals surface area (Å²) in [6.45, 7) is 0.371. The summed E-state index contributed by atoms with van der Waals surface area (Å²) < 4.78 is 17.1. The van der Waals surface area contributed by atoms with E-state index in [1.54, 1.807) is 0 Å². The SMILES string of the molecule is O=C(NCCc1ncon1)c1ccc(F)nc1. The van der Waals surface area contributed by atoms with Gasteiger partial charge in [0.15, 0.2) is 5.82 Å². The van der Waals surface area contributed by atoms with E-state index >= 15 is 0 Å². The van der Waals surface area contributed by atoms with E-state index in [-0.39, 0.29) is 5.91 Å². The molecular weight excluding hydrogens is 227 g/mol. The number of amides is 1. The Labute approximate surface area is 95.9 Å². The summed E-state index contributed by atoms with van der Waals surface area (Å²) in [5.74, 6) is -0.420. The lowest BCUT2D eigenvalue weighted by Gasteiger charge is -2.02. The highest BCUT2D eigenvalue weighted by Crippen LogP contribution is 1.98. The minimum atomic E-state index is -0.617. The number of hydrogen-bond donors (Lipinski definition) is 1. The third-order valence-corrected chi connectivity index (χ3v) is 2.03. The molecule has 2 aromatic rings. The number of nitrogens with one attached hydrogen (secondary N) is 1. The summed E-state index contributed by atoms with van der Waals surface area (Å²) >= 11 is 0. The van der Waals surface area contributed by atoms with E-state index in [9.17, 15) is 9.18 Å². The lowest BCUT2D eigenvalue weighted by molar-refractivity contribution is 0.0953. The maximum atomic E-state index is 12.5. The fourth-order valence-electron chi connectivity index (χ4n) is 1.20. The summed E-state index contributed by atoms with van der Waals surface area (Å²) in [7, 11) is 0. The van der Waals surface area contributed by atoms with Crippen LogP contribution in [0.4, 0.5) is 4.39 Å². The van der Waals surface area contributed by atoms with E-state index in [2.05, 4.69) is 25.0 Å². The molecule has 6 nitrogen and oxygen atoms in total. The molecule has 0 saturated heterocycles. The first-order valence-electron chi connectivity index (χ1n) is 4.91. The Morgan fingerprint density at radius 1 is 1.41 bits per heavy atom. The largest absolute Gasteiger partial charge is 0.352 e. The Kier molecular flexibility index (Phi) is 3.39. The van der Waals surface area contributed by atoms with Gasteiger partial charge >= 0.3 is 0 Å². The van der Waals surface area contributed by atoms with Crippen LogP contribution in [0, 0.1) is 5.95 Å². The van der Waals surface area contributed by atoms with Gasteiger partial charge in [-0.1, -0.05) is 5.16 Å². The first-order valence-corrected chi connectivity index (χ1v) is 4.91. The molecule has 0 aliphatic heterocycles. The van der Waals surface area contributed by atoms with Crippen molar-refractivity contribution >= 4 is 5.91 Å². The van der Waals surface area contributed by atoms with Gasteiger partial charge in [0.2, 0.25) is 12.3 Å². The molecule has 2 aromatic heterocycles. The maximum Gasteiger partial charge on any atom is 0.252 e. The smallest absolute Gasteiger partial charge is 0.252 e. The Balaban J connectivity index is 1.83. The maximum absolute atomic E-state index is 12.5. The highest BCUT2D eigenvalue weighted by molar-refractivity contribution is 5.93. The zero-order valence-electron chi connectivity index (χ0n) is 8.76. The molecule has 2 heterocycles. The van der Waals surface area contributed by atoms with E-state index < -0.39 is 5.95 Å². The van der Waals surface area contributed by atoms with Crippen molar-refractivity contribution in [2.45, 2.75) is 6.42 Å². The highest BCUT2D eigenvalue weighted by Gasteiger charge is 2.06. The van der Waals surface area contributed by atoms with Crippen molar-refractivity contribution in [2.24, 2.45) is 0 Å². The summed E-state index contributed by atoms with van der Waals surface area (Å²) in [5.41, 5.74) is 0.305. The summed E-state index contributed by atoms with van der Waals surface area (Å²) in [4.78, 5) is 18.7. The van der Waals surface area contributed by atoms with E-state index in [0.29, 0.717) is 24.4 Å². The van der Waals surface area contributed by atoms with E-state index in [0.717, 1.165) is 6.07 Å². The van der Waals surface area contributed by atoms with Gasteiger partial charge in [0.1, 0.15) is 0 Å². The second-order valence-electron chi connectivity index (χ2n) is 3.22. The number of hydrogen-bond acceptors (Lipinski definition) is 5. The third kappa shape index (κ3) is 3.07. The van der Waals surface area contributed by atoms with Crippen LogP contribution < -0.4 is 5.32 Å². The lowest BCUT2D eigenvalue weighted by Crippen LogP contribution is -2.26. The van der Waals surface area contributed by atoms with Gasteiger partial charge in [-0.2, -0.15) is 9.37 Å². The second-order valence-corrected chi connectivity index (χ2v) is 3.22. The van der Waals surface area contributed by atoms with Gasteiger partial charge in [-0.3, -0.25) is 4.79 Å². The lowest BCUT2D eigenvalue weighted by atomic mass is 10.2. The molecule has 0 saturated carbocycles. The normalized spacial score (nSPS) is 10.2. The van der Waals surface area contributed by atoms with Gasteiger partial charge in [0.25, 0.3) is 5.91 Å². The predicted molar refractivity (Wildman–Crippen MR) is 54.5 cm³/mol. The van der Waals surface area contributed by atoms with Gasteiger partial charge in [-0.25, -0.2) is 4.98 Å². The zero-order chi connectivity index (χ0) is 12.1. The molecule has 0 aliphatic carbocycles. The van der Waals surface area contributed by atoms with Crippen molar-refractivity contribution in [2.75, 3.05) is 6.54 Å². The number of aromatic nitrogens is 3. The first-order chi connectivity index (χ1) is 8.25. The van der Waals surface area contributed by atoms with Crippen molar-refractivity contribution < 1.29 is 13.7 Å². The minimum absolute atomic E-state index is 0.305. The molecule has 0 fully saturated rings. The number of carbonyl (C=O) groups is 1. The quantitative estimate of drug-likeness (QED) is 0.785. The average Bonchev–Trinajstić information content (AvgIpc) is 2.83. The molecule has 0 atom stereocenters. The van der Waals surface area contributed by atoms with Crippen LogP contribution in [-0.4, -0.2) is 27.6 Å².